The average molecular weight is 349 g/mol. The van der Waals surface area contributed by atoms with E-state index in [-0.39, 0.29) is 16.2 Å². The van der Waals surface area contributed by atoms with E-state index in [0.717, 1.165) is 45.4 Å². The maximum atomic E-state index is 12.3. The molecule has 0 unspecified atom stereocenters. The minimum absolute atomic E-state index is 0.0465. The van der Waals surface area contributed by atoms with E-state index in [1.807, 2.05) is 11.8 Å². The smallest absolute Gasteiger partial charge is 0.314 e. The first kappa shape index (κ1) is 17.6. The summed E-state index contributed by atoms with van der Waals surface area (Å²) in [5.74, 6) is 0. The zero-order valence-electron chi connectivity index (χ0n) is 14.7. The summed E-state index contributed by atoms with van der Waals surface area (Å²) in [6.45, 7) is 5.17. The van der Waals surface area contributed by atoms with Crippen molar-refractivity contribution in [2.75, 3.05) is 32.6 Å². The maximum Gasteiger partial charge on any atom is 0.314 e. The number of ether oxygens (including phenoxy) is 1. The number of amides is 2. The Morgan fingerprint density at radius 2 is 1.79 bits per heavy atom. The molecule has 2 aliphatic rings. The molecule has 1 aromatic carbocycles. The third kappa shape index (κ3) is 3.89. The Morgan fingerprint density at radius 1 is 1.12 bits per heavy atom. The molecule has 0 atom stereocenters. The molecule has 1 saturated carbocycles. The van der Waals surface area contributed by atoms with Crippen LogP contribution in [0.3, 0.4) is 0 Å². The molecule has 3 rings (SSSR count). The highest BCUT2D eigenvalue weighted by atomic mass is 32.2. The molecule has 0 bridgehead atoms. The molecule has 0 spiro atoms. The first-order valence-electron chi connectivity index (χ1n) is 8.80. The van der Waals surface area contributed by atoms with Gasteiger partial charge in [0.2, 0.25) is 0 Å². The van der Waals surface area contributed by atoms with Crippen LogP contribution in [-0.2, 0) is 10.2 Å². The molecule has 2 amide bonds. The monoisotopic (exact) mass is 348 g/mol. The van der Waals surface area contributed by atoms with Gasteiger partial charge in [0, 0.05) is 36.5 Å². The van der Waals surface area contributed by atoms with Gasteiger partial charge in [-0.05, 0) is 50.0 Å². The summed E-state index contributed by atoms with van der Waals surface area (Å²) in [6.07, 6.45) is 6.44. The minimum atomic E-state index is -0.0465. The zero-order chi connectivity index (χ0) is 17.0. The van der Waals surface area contributed by atoms with E-state index < -0.39 is 0 Å². The van der Waals surface area contributed by atoms with Crippen LogP contribution < -0.4 is 10.6 Å². The van der Waals surface area contributed by atoms with Gasteiger partial charge in [0.05, 0.1) is 0 Å². The fourth-order valence-corrected chi connectivity index (χ4v) is 4.40. The molecular formula is C19H28N2O2S. The summed E-state index contributed by atoms with van der Waals surface area (Å²) in [6, 6.07) is 8.48. The topological polar surface area (TPSA) is 50.4 Å². The fraction of sp³-hybridized carbons (Fsp3) is 0.632. The number of thioether (sulfide) groups is 1. The molecular weight excluding hydrogens is 320 g/mol. The summed E-state index contributed by atoms with van der Waals surface area (Å²) in [7, 11) is 0. The maximum absolute atomic E-state index is 12.3. The van der Waals surface area contributed by atoms with E-state index in [2.05, 4.69) is 48.1 Å². The van der Waals surface area contributed by atoms with Crippen molar-refractivity contribution in [1.29, 1.82) is 0 Å². The minimum Gasteiger partial charge on any atom is -0.381 e. The second-order valence-corrected chi connectivity index (χ2v) is 8.41. The standard InChI is InChI=1S/C19H28N2O2S/c1-15-5-3-4-6-16(15)18(7-8-18)13-20-17(22)21-14-19(24-2)9-11-23-12-10-19/h3-6H,7-14H2,1-2H3,(H2,20,21,22). The number of urea groups is 1. The van der Waals surface area contributed by atoms with Gasteiger partial charge in [-0.2, -0.15) is 11.8 Å². The van der Waals surface area contributed by atoms with Gasteiger partial charge < -0.3 is 15.4 Å². The highest BCUT2D eigenvalue weighted by Crippen LogP contribution is 2.48. The predicted octanol–water partition coefficient (Wildman–Crippen LogP) is 3.24. The van der Waals surface area contributed by atoms with Gasteiger partial charge >= 0.3 is 6.03 Å². The van der Waals surface area contributed by atoms with Gasteiger partial charge in [-0.3, -0.25) is 0 Å². The van der Waals surface area contributed by atoms with Gasteiger partial charge in [-0.1, -0.05) is 24.3 Å². The van der Waals surface area contributed by atoms with Crippen LogP contribution in [0.2, 0.25) is 0 Å². The number of benzene rings is 1. The van der Waals surface area contributed by atoms with Gasteiger partial charge in [-0.15, -0.1) is 0 Å². The molecule has 1 saturated heterocycles. The van der Waals surface area contributed by atoms with Gasteiger partial charge in [-0.25, -0.2) is 4.79 Å². The number of carbonyl (C=O) groups is 1. The van der Waals surface area contributed by atoms with Crippen LogP contribution in [0.1, 0.15) is 36.8 Å². The quantitative estimate of drug-likeness (QED) is 0.830. The van der Waals surface area contributed by atoms with Crippen LogP contribution in [0.15, 0.2) is 24.3 Å². The van der Waals surface area contributed by atoms with Gasteiger partial charge in [0.25, 0.3) is 0 Å². The molecule has 2 N–H and O–H groups in total. The van der Waals surface area contributed by atoms with Crippen LogP contribution in [0.5, 0.6) is 0 Å². The summed E-state index contributed by atoms with van der Waals surface area (Å²) in [5.41, 5.74) is 2.86. The van der Waals surface area contributed by atoms with Gasteiger partial charge in [0.1, 0.15) is 0 Å². The normalized spacial score (nSPS) is 21.1. The van der Waals surface area contributed by atoms with Crippen molar-refractivity contribution < 1.29 is 9.53 Å². The highest BCUT2D eigenvalue weighted by Gasteiger charge is 2.45. The number of hydrogen-bond acceptors (Lipinski definition) is 3. The predicted molar refractivity (Wildman–Crippen MR) is 99.8 cm³/mol. The van der Waals surface area contributed by atoms with E-state index >= 15 is 0 Å². The second-order valence-electron chi connectivity index (χ2n) is 7.13. The van der Waals surface area contributed by atoms with E-state index in [1.54, 1.807) is 0 Å². The zero-order valence-corrected chi connectivity index (χ0v) is 15.5. The molecule has 4 nitrogen and oxygen atoms in total. The molecule has 0 radical (unpaired) electrons. The molecule has 132 valence electrons. The summed E-state index contributed by atoms with van der Waals surface area (Å²) < 4.78 is 5.58. The number of nitrogens with one attached hydrogen (secondary N) is 2. The Hall–Kier alpha value is -1.20. The van der Waals surface area contributed by atoms with Crippen molar-refractivity contribution in [2.45, 2.75) is 42.8 Å². The number of hydrogen-bond donors (Lipinski definition) is 2. The number of aryl methyl sites for hydroxylation is 1. The van der Waals surface area contributed by atoms with Crippen molar-refractivity contribution >= 4 is 17.8 Å². The Morgan fingerprint density at radius 3 is 2.42 bits per heavy atom. The van der Waals surface area contributed by atoms with Crippen LogP contribution in [0, 0.1) is 6.92 Å². The molecule has 1 heterocycles. The van der Waals surface area contributed by atoms with Crippen molar-refractivity contribution in [1.82, 2.24) is 10.6 Å². The number of carbonyl (C=O) groups excluding carboxylic acids is 1. The molecule has 0 aromatic heterocycles. The molecule has 1 aromatic rings. The fourth-order valence-electron chi connectivity index (χ4n) is 3.61. The van der Waals surface area contributed by atoms with Crippen molar-refractivity contribution in [2.24, 2.45) is 0 Å². The first-order valence-corrected chi connectivity index (χ1v) is 10.0. The van der Waals surface area contributed by atoms with E-state index in [0.29, 0.717) is 6.54 Å². The summed E-state index contributed by atoms with van der Waals surface area (Å²) >= 11 is 1.85. The van der Waals surface area contributed by atoms with E-state index in [9.17, 15) is 4.79 Å². The van der Waals surface area contributed by atoms with Crippen molar-refractivity contribution in [3.05, 3.63) is 35.4 Å². The second kappa shape index (κ2) is 7.36. The Bertz CT molecular complexity index is 580. The van der Waals surface area contributed by atoms with Crippen molar-refractivity contribution in [3.63, 3.8) is 0 Å². The molecule has 5 heteroatoms. The van der Waals surface area contributed by atoms with E-state index in [4.69, 9.17) is 4.74 Å². The molecule has 24 heavy (non-hydrogen) atoms. The largest absolute Gasteiger partial charge is 0.381 e. The SMILES string of the molecule is CSC1(CNC(=O)NCC2(c3ccccc3C)CC2)CCOCC1. The van der Waals surface area contributed by atoms with Crippen LogP contribution >= 0.6 is 11.8 Å². The first-order chi connectivity index (χ1) is 11.6. The lowest BCUT2D eigenvalue weighted by atomic mass is 9.92. The molecule has 2 fully saturated rings. The lowest BCUT2D eigenvalue weighted by Crippen LogP contribution is -2.48. The van der Waals surface area contributed by atoms with Crippen LogP contribution in [-0.4, -0.2) is 43.3 Å². The van der Waals surface area contributed by atoms with Crippen molar-refractivity contribution in [3.8, 4) is 0 Å². The number of rotatable bonds is 6. The summed E-state index contributed by atoms with van der Waals surface area (Å²) in [4.78, 5) is 12.3. The highest BCUT2D eigenvalue weighted by molar-refractivity contribution is 8.00. The molecule has 1 aliphatic carbocycles. The van der Waals surface area contributed by atoms with Crippen LogP contribution in [0.4, 0.5) is 4.79 Å². The Labute approximate surface area is 149 Å². The lowest BCUT2D eigenvalue weighted by Gasteiger charge is -2.35. The third-order valence-electron chi connectivity index (χ3n) is 5.57. The van der Waals surface area contributed by atoms with Crippen LogP contribution in [0.25, 0.3) is 0 Å². The lowest BCUT2D eigenvalue weighted by molar-refractivity contribution is 0.0777. The molecule has 1 aliphatic heterocycles. The Balaban J connectivity index is 1.50. The summed E-state index contributed by atoms with van der Waals surface area (Å²) in [5, 5.41) is 6.19. The Kier molecular flexibility index (Phi) is 5.40. The third-order valence-corrected chi connectivity index (χ3v) is 6.98. The average Bonchev–Trinajstić information content (AvgIpc) is 3.40. The van der Waals surface area contributed by atoms with E-state index in [1.165, 1.54) is 11.1 Å². The van der Waals surface area contributed by atoms with Gasteiger partial charge in [0.15, 0.2) is 0 Å².